The molecule has 1 atom stereocenters. The summed E-state index contributed by atoms with van der Waals surface area (Å²) in [5.74, 6) is -2.67. The number of primary amides is 1. The SMILES string of the molecule is CN=CCNC(=O)c1cc(C(=O)c2sc(N(c3ccc(F)cc3)C(C)C(N)=O)nc2N)on1. The monoisotopic (exact) mass is 473 g/mol. The van der Waals surface area contributed by atoms with Crippen molar-refractivity contribution in [2.24, 2.45) is 10.7 Å². The van der Waals surface area contributed by atoms with Gasteiger partial charge in [0.1, 0.15) is 22.6 Å². The number of aromatic nitrogens is 2. The topological polar surface area (TPSA) is 170 Å². The van der Waals surface area contributed by atoms with Crippen molar-refractivity contribution in [3.05, 3.63) is 52.5 Å². The Balaban J connectivity index is 1.90. The maximum atomic E-state index is 13.4. The van der Waals surface area contributed by atoms with Crippen molar-refractivity contribution in [2.45, 2.75) is 13.0 Å². The van der Waals surface area contributed by atoms with E-state index in [0.29, 0.717) is 5.69 Å². The van der Waals surface area contributed by atoms with Crippen LogP contribution in [0.15, 0.2) is 39.8 Å². The number of halogens is 1. The van der Waals surface area contributed by atoms with Crippen LogP contribution in [0, 0.1) is 5.82 Å². The maximum Gasteiger partial charge on any atom is 0.273 e. The number of nitrogens with zero attached hydrogens (tertiary/aromatic N) is 4. The van der Waals surface area contributed by atoms with Gasteiger partial charge in [-0.05, 0) is 31.2 Å². The number of aliphatic imine (C=N–C) groups is 1. The second-order valence-corrected chi connectivity index (χ2v) is 7.67. The summed E-state index contributed by atoms with van der Waals surface area (Å²) in [6.45, 7) is 1.73. The van der Waals surface area contributed by atoms with Gasteiger partial charge in [0.2, 0.25) is 17.5 Å². The van der Waals surface area contributed by atoms with Crippen LogP contribution in [0.2, 0.25) is 0 Å². The zero-order chi connectivity index (χ0) is 24.1. The van der Waals surface area contributed by atoms with Crippen LogP contribution in [0.4, 0.5) is 21.0 Å². The summed E-state index contributed by atoms with van der Waals surface area (Å²) in [4.78, 5) is 46.2. The van der Waals surface area contributed by atoms with Gasteiger partial charge < -0.3 is 26.2 Å². The molecule has 3 rings (SSSR count). The van der Waals surface area contributed by atoms with Crippen LogP contribution >= 0.6 is 11.3 Å². The smallest absolute Gasteiger partial charge is 0.273 e. The number of carbonyl (C=O) groups excluding carboxylic acids is 3. The number of nitrogens with two attached hydrogens (primary N) is 2. The zero-order valence-corrected chi connectivity index (χ0v) is 18.4. The van der Waals surface area contributed by atoms with Crippen LogP contribution in [0.25, 0.3) is 0 Å². The molecule has 172 valence electrons. The predicted molar refractivity (Wildman–Crippen MR) is 120 cm³/mol. The van der Waals surface area contributed by atoms with Gasteiger partial charge in [-0.2, -0.15) is 0 Å². The van der Waals surface area contributed by atoms with Crippen LogP contribution < -0.4 is 21.7 Å². The highest BCUT2D eigenvalue weighted by Gasteiger charge is 2.29. The molecule has 0 aliphatic carbocycles. The van der Waals surface area contributed by atoms with Crippen molar-refractivity contribution in [1.82, 2.24) is 15.5 Å². The molecule has 33 heavy (non-hydrogen) atoms. The molecule has 3 aromatic rings. The number of rotatable bonds is 9. The van der Waals surface area contributed by atoms with Crippen LogP contribution in [0.1, 0.15) is 32.8 Å². The summed E-state index contributed by atoms with van der Waals surface area (Å²) in [6, 6.07) is 5.62. The first kappa shape index (κ1) is 23.5. The Bertz CT molecular complexity index is 1210. The number of nitrogen functional groups attached to an aromatic ring is 1. The first-order chi connectivity index (χ1) is 15.7. The Morgan fingerprint density at radius 1 is 1.33 bits per heavy atom. The lowest BCUT2D eigenvalue weighted by atomic mass is 10.2. The Kier molecular flexibility index (Phi) is 7.13. The van der Waals surface area contributed by atoms with Gasteiger partial charge in [0, 0.05) is 25.0 Å². The molecular weight excluding hydrogens is 453 g/mol. The summed E-state index contributed by atoms with van der Waals surface area (Å²) in [5, 5.41) is 6.32. The van der Waals surface area contributed by atoms with Gasteiger partial charge in [0.05, 0.1) is 6.54 Å². The number of ketones is 1. The molecule has 2 aromatic heterocycles. The molecular formula is C20H20FN7O4S. The third-order valence-electron chi connectivity index (χ3n) is 4.46. The van der Waals surface area contributed by atoms with E-state index in [1.165, 1.54) is 48.4 Å². The minimum Gasteiger partial charge on any atom is -0.382 e. The van der Waals surface area contributed by atoms with Crippen molar-refractivity contribution in [2.75, 3.05) is 24.2 Å². The van der Waals surface area contributed by atoms with Gasteiger partial charge in [-0.25, -0.2) is 9.37 Å². The Labute approximate surface area is 191 Å². The fourth-order valence-corrected chi connectivity index (χ4v) is 3.77. The van der Waals surface area contributed by atoms with Crippen LogP contribution in [0.5, 0.6) is 0 Å². The Morgan fingerprint density at radius 3 is 2.67 bits per heavy atom. The third kappa shape index (κ3) is 5.20. The summed E-state index contributed by atoms with van der Waals surface area (Å²) in [6.07, 6.45) is 1.49. The van der Waals surface area contributed by atoms with Crippen molar-refractivity contribution < 1.29 is 23.3 Å². The molecule has 0 bridgehead atoms. The van der Waals surface area contributed by atoms with E-state index in [-0.39, 0.29) is 33.8 Å². The van der Waals surface area contributed by atoms with Crippen molar-refractivity contribution in [1.29, 1.82) is 0 Å². The third-order valence-corrected chi connectivity index (χ3v) is 5.53. The largest absolute Gasteiger partial charge is 0.382 e. The van der Waals surface area contributed by atoms with E-state index in [9.17, 15) is 18.8 Å². The van der Waals surface area contributed by atoms with Gasteiger partial charge in [0.25, 0.3) is 5.91 Å². The standard InChI is InChI=1S/C20H20FN7O4S/c1-10(18(23)30)28(12-5-3-11(21)4-6-12)20-26-17(22)16(33-20)15(29)14-9-13(27-32-14)19(31)25-8-7-24-2/h3-7,9-10H,8,22H2,1-2H3,(H2,23,30)(H,25,31). The van der Waals surface area contributed by atoms with E-state index in [1.807, 2.05) is 0 Å². The zero-order valence-electron chi connectivity index (χ0n) is 17.6. The molecule has 0 saturated carbocycles. The summed E-state index contributed by atoms with van der Waals surface area (Å²) >= 11 is 0.883. The maximum absolute atomic E-state index is 13.4. The first-order valence-electron chi connectivity index (χ1n) is 9.53. The van der Waals surface area contributed by atoms with Crippen molar-refractivity contribution in [3.63, 3.8) is 0 Å². The molecule has 5 N–H and O–H groups in total. The van der Waals surface area contributed by atoms with E-state index in [4.69, 9.17) is 16.0 Å². The summed E-state index contributed by atoms with van der Waals surface area (Å²) < 4.78 is 18.4. The number of benzene rings is 1. The predicted octanol–water partition coefficient (Wildman–Crippen LogP) is 1.53. The van der Waals surface area contributed by atoms with Crippen molar-refractivity contribution in [3.8, 4) is 0 Å². The molecule has 0 radical (unpaired) electrons. The molecule has 0 aliphatic heterocycles. The number of anilines is 3. The molecule has 2 amide bonds. The molecule has 1 aromatic carbocycles. The number of amides is 2. The Hall–Kier alpha value is -4.13. The lowest BCUT2D eigenvalue weighted by Gasteiger charge is -2.26. The number of nitrogens with one attached hydrogen (secondary N) is 1. The lowest BCUT2D eigenvalue weighted by molar-refractivity contribution is -0.118. The fourth-order valence-electron chi connectivity index (χ4n) is 2.74. The average Bonchev–Trinajstić information content (AvgIpc) is 3.42. The van der Waals surface area contributed by atoms with Gasteiger partial charge in [-0.1, -0.05) is 16.5 Å². The highest BCUT2D eigenvalue weighted by molar-refractivity contribution is 7.18. The molecule has 13 heteroatoms. The first-order valence-corrected chi connectivity index (χ1v) is 10.3. The molecule has 0 spiro atoms. The van der Waals surface area contributed by atoms with E-state index in [0.717, 1.165) is 11.3 Å². The van der Waals surface area contributed by atoms with Gasteiger partial charge in [-0.15, -0.1) is 0 Å². The van der Waals surface area contributed by atoms with Crippen LogP contribution in [-0.4, -0.2) is 53.6 Å². The van der Waals surface area contributed by atoms with Crippen LogP contribution in [-0.2, 0) is 4.79 Å². The van der Waals surface area contributed by atoms with Crippen LogP contribution in [0.3, 0.4) is 0 Å². The number of thiazole rings is 1. The highest BCUT2D eigenvalue weighted by Crippen LogP contribution is 2.36. The molecule has 0 saturated heterocycles. The van der Waals surface area contributed by atoms with E-state index >= 15 is 0 Å². The molecule has 11 nitrogen and oxygen atoms in total. The summed E-state index contributed by atoms with van der Waals surface area (Å²) in [7, 11) is 1.56. The lowest BCUT2D eigenvalue weighted by Crippen LogP contribution is -2.39. The quantitative estimate of drug-likeness (QED) is 0.310. The van der Waals surface area contributed by atoms with Gasteiger partial charge in [-0.3, -0.25) is 19.4 Å². The van der Waals surface area contributed by atoms with Gasteiger partial charge >= 0.3 is 0 Å². The normalized spacial score (nSPS) is 12.0. The average molecular weight is 473 g/mol. The molecule has 2 heterocycles. The summed E-state index contributed by atoms with van der Waals surface area (Å²) in [5.41, 5.74) is 11.8. The van der Waals surface area contributed by atoms with E-state index < -0.39 is 29.5 Å². The van der Waals surface area contributed by atoms with Crippen molar-refractivity contribution >= 4 is 51.8 Å². The molecule has 0 fully saturated rings. The van der Waals surface area contributed by atoms with Gasteiger partial charge in [0.15, 0.2) is 10.8 Å². The number of carbonyl (C=O) groups is 3. The second-order valence-electron chi connectivity index (χ2n) is 6.69. The molecule has 1 unspecified atom stereocenters. The number of hydrogen-bond acceptors (Lipinski definition) is 10. The van der Waals surface area contributed by atoms with E-state index in [2.05, 4.69) is 20.4 Å². The number of hydrogen-bond donors (Lipinski definition) is 3. The fraction of sp³-hybridized carbons (Fsp3) is 0.200. The minimum atomic E-state index is -0.879. The Morgan fingerprint density at radius 2 is 2.03 bits per heavy atom. The minimum absolute atomic E-state index is 0.00927. The second kappa shape index (κ2) is 9.99. The highest BCUT2D eigenvalue weighted by atomic mass is 32.1. The van der Waals surface area contributed by atoms with E-state index in [1.54, 1.807) is 7.05 Å². The molecule has 0 aliphatic rings.